The lowest BCUT2D eigenvalue weighted by Crippen LogP contribution is -2.12. The quantitative estimate of drug-likeness (QED) is 0.746. The molecule has 0 atom stereocenters. The third-order valence-electron chi connectivity index (χ3n) is 2.14. The summed E-state index contributed by atoms with van der Waals surface area (Å²) in [4.78, 5) is 15.7. The van der Waals surface area contributed by atoms with Gasteiger partial charge in [0.05, 0.1) is 5.69 Å². The number of rotatable bonds is 3. The van der Waals surface area contributed by atoms with Crippen molar-refractivity contribution in [3.8, 4) is 0 Å². The first kappa shape index (κ1) is 10.7. The Hall–Kier alpha value is -1.38. The normalized spacial score (nSPS) is 10.6. The Morgan fingerprint density at radius 2 is 2.21 bits per heavy atom. The number of hydrogen-bond donors (Lipinski definition) is 1. The molecule has 0 unspecified atom stereocenters. The number of Topliss-reactive ketones (excluding diaryl/α,β-unsaturated/α-hetero) is 1. The highest BCUT2D eigenvalue weighted by atomic mass is 16.1. The Kier molecular flexibility index (Phi) is 3.23. The Morgan fingerprint density at radius 3 is 2.64 bits per heavy atom. The Labute approximate surface area is 84.3 Å². The van der Waals surface area contributed by atoms with Crippen LogP contribution in [0.3, 0.4) is 0 Å². The molecule has 0 fully saturated rings. The van der Waals surface area contributed by atoms with Gasteiger partial charge in [0, 0.05) is 12.1 Å². The van der Waals surface area contributed by atoms with Gasteiger partial charge in [0.1, 0.15) is 5.69 Å². The van der Waals surface area contributed by atoms with Crippen molar-refractivity contribution < 1.29 is 4.79 Å². The van der Waals surface area contributed by atoms with Crippen molar-refractivity contribution >= 4 is 11.5 Å². The molecule has 0 spiro atoms. The van der Waals surface area contributed by atoms with E-state index in [-0.39, 0.29) is 11.7 Å². The van der Waals surface area contributed by atoms with Gasteiger partial charge in [0.15, 0.2) is 5.78 Å². The molecule has 1 rings (SSSR count). The maximum atomic E-state index is 11.6. The SMILES string of the molecule is CCc1cnc(C(=O)C(C)C)c(N)c1. The fourth-order valence-corrected chi connectivity index (χ4v) is 1.20. The molecule has 14 heavy (non-hydrogen) atoms. The number of nitrogens with zero attached hydrogens (tertiary/aromatic N) is 1. The largest absolute Gasteiger partial charge is 0.397 e. The minimum Gasteiger partial charge on any atom is -0.397 e. The van der Waals surface area contributed by atoms with Crippen LogP contribution in [0, 0.1) is 5.92 Å². The molecule has 2 N–H and O–H groups in total. The molecule has 0 bridgehead atoms. The van der Waals surface area contributed by atoms with Crippen molar-refractivity contribution in [1.82, 2.24) is 4.98 Å². The number of pyridine rings is 1. The summed E-state index contributed by atoms with van der Waals surface area (Å²) < 4.78 is 0. The standard InChI is InChI=1S/C11H16N2O/c1-4-8-5-9(12)10(13-6-8)11(14)7(2)3/h5-7H,4,12H2,1-3H3. The average molecular weight is 192 g/mol. The van der Waals surface area contributed by atoms with Crippen LogP contribution < -0.4 is 5.73 Å². The first-order valence-corrected chi connectivity index (χ1v) is 4.84. The fraction of sp³-hybridized carbons (Fsp3) is 0.455. The van der Waals surface area contributed by atoms with Gasteiger partial charge in [-0.15, -0.1) is 0 Å². The monoisotopic (exact) mass is 192 g/mol. The fourth-order valence-electron chi connectivity index (χ4n) is 1.20. The third-order valence-corrected chi connectivity index (χ3v) is 2.14. The molecule has 0 aliphatic carbocycles. The molecule has 0 aliphatic rings. The zero-order valence-electron chi connectivity index (χ0n) is 8.87. The molecule has 3 nitrogen and oxygen atoms in total. The summed E-state index contributed by atoms with van der Waals surface area (Å²) in [6.07, 6.45) is 2.60. The van der Waals surface area contributed by atoms with Gasteiger partial charge in [-0.25, -0.2) is 0 Å². The number of hydrogen-bond acceptors (Lipinski definition) is 3. The van der Waals surface area contributed by atoms with Gasteiger partial charge < -0.3 is 5.73 Å². The van der Waals surface area contributed by atoms with E-state index in [0.29, 0.717) is 11.4 Å². The molecular formula is C11H16N2O. The van der Waals surface area contributed by atoms with Crippen LogP contribution in [0.25, 0.3) is 0 Å². The number of ketones is 1. The molecule has 0 saturated carbocycles. The molecule has 1 heterocycles. The molecule has 0 aromatic carbocycles. The number of aryl methyl sites for hydroxylation is 1. The van der Waals surface area contributed by atoms with Crippen LogP contribution in [-0.4, -0.2) is 10.8 Å². The maximum Gasteiger partial charge on any atom is 0.185 e. The van der Waals surface area contributed by atoms with Crippen LogP contribution in [0.1, 0.15) is 36.8 Å². The second-order valence-corrected chi connectivity index (χ2v) is 3.65. The molecule has 0 radical (unpaired) electrons. The van der Waals surface area contributed by atoms with E-state index in [1.165, 1.54) is 0 Å². The summed E-state index contributed by atoms with van der Waals surface area (Å²) in [6.45, 7) is 5.72. The molecule has 1 aromatic heterocycles. The van der Waals surface area contributed by atoms with Gasteiger partial charge in [-0.3, -0.25) is 9.78 Å². The summed E-state index contributed by atoms with van der Waals surface area (Å²) in [5.74, 6) is -0.0533. The van der Waals surface area contributed by atoms with Crippen LogP contribution in [0.4, 0.5) is 5.69 Å². The van der Waals surface area contributed by atoms with E-state index in [0.717, 1.165) is 12.0 Å². The topological polar surface area (TPSA) is 56.0 Å². The molecule has 0 saturated heterocycles. The van der Waals surface area contributed by atoms with E-state index in [1.54, 1.807) is 6.20 Å². The van der Waals surface area contributed by atoms with Gasteiger partial charge in [-0.2, -0.15) is 0 Å². The number of nitrogen functional groups attached to an aromatic ring is 1. The predicted molar refractivity (Wildman–Crippen MR) is 57.2 cm³/mol. The van der Waals surface area contributed by atoms with Crippen molar-refractivity contribution in [2.75, 3.05) is 5.73 Å². The molecule has 0 amide bonds. The van der Waals surface area contributed by atoms with Crippen molar-refractivity contribution in [2.24, 2.45) is 5.92 Å². The summed E-state index contributed by atoms with van der Waals surface area (Å²) in [5, 5.41) is 0. The van der Waals surface area contributed by atoms with Gasteiger partial charge >= 0.3 is 0 Å². The summed E-state index contributed by atoms with van der Waals surface area (Å²) in [6, 6.07) is 1.82. The van der Waals surface area contributed by atoms with E-state index in [4.69, 9.17) is 5.73 Å². The highest BCUT2D eigenvalue weighted by Gasteiger charge is 2.14. The number of carbonyl (C=O) groups excluding carboxylic acids is 1. The number of anilines is 1. The maximum absolute atomic E-state index is 11.6. The first-order chi connectivity index (χ1) is 6.56. The zero-order chi connectivity index (χ0) is 10.7. The number of nitrogens with two attached hydrogens (primary N) is 1. The minimum atomic E-state index is -0.0581. The lowest BCUT2D eigenvalue weighted by Gasteiger charge is -2.07. The van der Waals surface area contributed by atoms with E-state index in [2.05, 4.69) is 4.98 Å². The first-order valence-electron chi connectivity index (χ1n) is 4.84. The number of aromatic nitrogens is 1. The van der Waals surface area contributed by atoms with Gasteiger partial charge in [-0.05, 0) is 18.1 Å². The van der Waals surface area contributed by atoms with Crippen LogP contribution in [-0.2, 0) is 6.42 Å². The van der Waals surface area contributed by atoms with Crippen molar-refractivity contribution in [1.29, 1.82) is 0 Å². The second-order valence-electron chi connectivity index (χ2n) is 3.65. The molecule has 76 valence electrons. The summed E-state index contributed by atoms with van der Waals surface area (Å²) >= 11 is 0. The van der Waals surface area contributed by atoms with Gasteiger partial charge in [0.25, 0.3) is 0 Å². The molecule has 1 aromatic rings. The Balaban J connectivity index is 3.06. The minimum absolute atomic E-state index is 0.00477. The Bertz CT molecular complexity index is 345. The van der Waals surface area contributed by atoms with Crippen LogP contribution in [0.2, 0.25) is 0 Å². The van der Waals surface area contributed by atoms with Crippen LogP contribution in [0.5, 0.6) is 0 Å². The predicted octanol–water partition coefficient (Wildman–Crippen LogP) is 2.06. The van der Waals surface area contributed by atoms with Crippen LogP contribution in [0.15, 0.2) is 12.3 Å². The van der Waals surface area contributed by atoms with E-state index in [9.17, 15) is 4.79 Å². The van der Waals surface area contributed by atoms with E-state index in [1.807, 2.05) is 26.8 Å². The molecular weight excluding hydrogens is 176 g/mol. The zero-order valence-corrected chi connectivity index (χ0v) is 8.87. The van der Waals surface area contributed by atoms with Crippen molar-refractivity contribution in [3.05, 3.63) is 23.5 Å². The van der Waals surface area contributed by atoms with Gasteiger partial charge in [-0.1, -0.05) is 20.8 Å². The number of carbonyl (C=O) groups is 1. The second kappa shape index (κ2) is 4.22. The third kappa shape index (κ3) is 2.10. The highest BCUT2D eigenvalue weighted by Crippen LogP contribution is 2.15. The lowest BCUT2D eigenvalue weighted by atomic mass is 10.0. The molecule has 3 heteroatoms. The van der Waals surface area contributed by atoms with E-state index >= 15 is 0 Å². The smallest absolute Gasteiger partial charge is 0.185 e. The summed E-state index contributed by atoms with van der Waals surface area (Å²) in [7, 11) is 0. The van der Waals surface area contributed by atoms with E-state index < -0.39 is 0 Å². The lowest BCUT2D eigenvalue weighted by molar-refractivity contribution is 0.0935. The van der Waals surface area contributed by atoms with Crippen molar-refractivity contribution in [2.45, 2.75) is 27.2 Å². The van der Waals surface area contributed by atoms with Crippen molar-refractivity contribution in [3.63, 3.8) is 0 Å². The van der Waals surface area contributed by atoms with Crippen LogP contribution >= 0.6 is 0 Å². The molecule has 0 aliphatic heterocycles. The highest BCUT2D eigenvalue weighted by molar-refractivity contribution is 5.99. The van der Waals surface area contributed by atoms with Gasteiger partial charge in [0.2, 0.25) is 0 Å². The summed E-state index contributed by atoms with van der Waals surface area (Å²) in [5.41, 5.74) is 7.70. The average Bonchev–Trinajstić information content (AvgIpc) is 2.16. The Morgan fingerprint density at radius 1 is 1.57 bits per heavy atom.